The van der Waals surface area contributed by atoms with Gasteiger partial charge in [0.2, 0.25) is 20.9 Å². The summed E-state index contributed by atoms with van der Waals surface area (Å²) in [5, 5.41) is -0.0649. The number of carbonyl (C=O) groups excluding carboxylic acids is 1. The summed E-state index contributed by atoms with van der Waals surface area (Å²) in [7, 11) is -3.86. The third kappa shape index (κ3) is 7.12. The van der Waals surface area contributed by atoms with Crippen molar-refractivity contribution in [1.82, 2.24) is 14.5 Å². The lowest BCUT2D eigenvalue weighted by atomic mass is 10.1. The van der Waals surface area contributed by atoms with E-state index in [1.165, 1.54) is 24.3 Å². The van der Waals surface area contributed by atoms with Crippen LogP contribution in [0, 0.1) is 5.82 Å². The van der Waals surface area contributed by atoms with Gasteiger partial charge in [-0.2, -0.15) is 0 Å². The van der Waals surface area contributed by atoms with Crippen LogP contribution in [0.3, 0.4) is 0 Å². The number of imidazole rings is 1. The largest absolute Gasteiger partial charge is 0.376 e. The molecule has 0 saturated carbocycles. The van der Waals surface area contributed by atoms with E-state index in [-0.39, 0.29) is 42.0 Å². The van der Waals surface area contributed by atoms with Gasteiger partial charge in [0.15, 0.2) is 0 Å². The highest BCUT2D eigenvalue weighted by atomic mass is 32.2. The van der Waals surface area contributed by atoms with Gasteiger partial charge in [0.25, 0.3) is 0 Å². The highest BCUT2D eigenvalue weighted by molar-refractivity contribution is 7.90. The zero-order chi connectivity index (χ0) is 27.2. The molecule has 208 valence electrons. The summed E-state index contributed by atoms with van der Waals surface area (Å²) in [6.07, 6.45) is 5.16. The molecule has 2 aliphatic rings. The summed E-state index contributed by atoms with van der Waals surface area (Å²) < 4.78 is 53.8. The summed E-state index contributed by atoms with van der Waals surface area (Å²) in [4.78, 5) is 19.6. The minimum atomic E-state index is -3.86. The molecule has 2 fully saturated rings. The van der Waals surface area contributed by atoms with Crippen molar-refractivity contribution in [3.8, 4) is 0 Å². The maximum absolute atomic E-state index is 13.5. The van der Waals surface area contributed by atoms with Crippen molar-refractivity contribution in [3.05, 3.63) is 83.4 Å². The Labute approximate surface area is 228 Å². The van der Waals surface area contributed by atoms with E-state index in [0.717, 1.165) is 31.2 Å². The number of carbonyl (C=O) groups is 1. The lowest BCUT2D eigenvalue weighted by molar-refractivity contribution is -0.132. The molecule has 0 radical (unpaired) electrons. The van der Waals surface area contributed by atoms with Crippen molar-refractivity contribution < 1.29 is 27.1 Å². The number of hydrogen-bond acceptors (Lipinski definition) is 6. The number of sulfone groups is 1. The Hall–Kier alpha value is -3.08. The zero-order valence-electron chi connectivity index (χ0n) is 21.9. The summed E-state index contributed by atoms with van der Waals surface area (Å²) in [6, 6.07) is 15.0. The number of aromatic nitrogens is 2. The molecule has 2 saturated heterocycles. The highest BCUT2D eigenvalue weighted by Crippen LogP contribution is 2.24. The predicted molar refractivity (Wildman–Crippen MR) is 143 cm³/mol. The van der Waals surface area contributed by atoms with E-state index >= 15 is 0 Å². The molecular weight excluding hydrogens is 521 g/mol. The van der Waals surface area contributed by atoms with Gasteiger partial charge in [-0.1, -0.05) is 42.5 Å². The fourth-order valence-corrected chi connectivity index (χ4v) is 6.69. The number of rotatable bonds is 11. The first kappa shape index (κ1) is 27.5. The Morgan fingerprint density at radius 3 is 2.33 bits per heavy atom. The molecule has 1 aromatic heterocycles. The number of benzene rings is 2. The molecule has 10 heteroatoms. The smallest absolute Gasteiger partial charge is 0.228 e. The Morgan fingerprint density at radius 2 is 1.67 bits per heavy atom. The quantitative estimate of drug-likeness (QED) is 0.356. The van der Waals surface area contributed by atoms with Crippen LogP contribution in [-0.4, -0.2) is 60.7 Å². The highest BCUT2D eigenvalue weighted by Gasteiger charge is 2.29. The molecule has 3 aromatic rings. The van der Waals surface area contributed by atoms with Crippen LogP contribution in [0.4, 0.5) is 4.39 Å². The molecule has 0 unspecified atom stereocenters. The van der Waals surface area contributed by atoms with E-state index < -0.39 is 15.7 Å². The molecule has 39 heavy (non-hydrogen) atoms. The summed E-state index contributed by atoms with van der Waals surface area (Å²) in [5.41, 5.74) is 2.01. The second-order valence-corrected chi connectivity index (χ2v) is 12.1. The van der Waals surface area contributed by atoms with Gasteiger partial charge in [-0.15, -0.1) is 0 Å². The second kappa shape index (κ2) is 12.4. The molecule has 0 aliphatic carbocycles. The Bertz CT molecular complexity index is 1350. The lowest BCUT2D eigenvalue weighted by Gasteiger charge is -2.27. The molecule has 2 aliphatic heterocycles. The van der Waals surface area contributed by atoms with Crippen molar-refractivity contribution in [1.29, 1.82) is 0 Å². The number of halogens is 1. The van der Waals surface area contributed by atoms with Gasteiger partial charge < -0.3 is 18.9 Å². The van der Waals surface area contributed by atoms with E-state index in [2.05, 4.69) is 4.98 Å². The van der Waals surface area contributed by atoms with Crippen molar-refractivity contribution in [2.45, 2.75) is 68.3 Å². The Morgan fingerprint density at radius 1 is 0.974 bits per heavy atom. The third-order valence-corrected chi connectivity index (χ3v) is 8.81. The standard InChI is InChI=1S/C29H34FN3O5S/c30-24-12-10-23(11-13-24)21-39(35,36)29-31-17-25(33(29)20-27-9-5-15-38-27)18-32(19-26-8-4-14-37-26)28(34)16-22-6-2-1-3-7-22/h1-3,6-7,10-13,17,26-27H,4-5,8-9,14-16,18-21H2/t26-,27+/m1/s1. The number of amides is 1. The molecule has 2 atom stereocenters. The first-order valence-corrected chi connectivity index (χ1v) is 15.1. The maximum Gasteiger partial charge on any atom is 0.228 e. The average Bonchev–Trinajstić information content (AvgIpc) is 3.70. The fraction of sp³-hybridized carbons (Fsp3) is 0.448. The van der Waals surface area contributed by atoms with Crippen LogP contribution in [0.25, 0.3) is 0 Å². The van der Waals surface area contributed by atoms with E-state index in [9.17, 15) is 17.6 Å². The summed E-state index contributed by atoms with van der Waals surface area (Å²) in [6.45, 7) is 2.26. The van der Waals surface area contributed by atoms with Crippen LogP contribution in [0.15, 0.2) is 66.0 Å². The van der Waals surface area contributed by atoms with Gasteiger partial charge in [-0.05, 0) is 48.9 Å². The zero-order valence-corrected chi connectivity index (χ0v) is 22.7. The lowest BCUT2D eigenvalue weighted by Crippen LogP contribution is -2.38. The van der Waals surface area contributed by atoms with Crippen molar-refractivity contribution in [2.24, 2.45) is 0 Å². The van der Waals surface area contributed by atoms with Crippen LogP contribution < -0.4 is 0 Å². The fourth-order valence-electron chi connectivity index (χ4n) is 5.18. The van der Waals surface area contributed by atoms with Gasteiger partial charge >= 0.3 is 0 Å². The molecule has 0 spiro atoms. The topological polar surface area (TPSA) is 90.7 Å². The average molecular weight is 556 g/mol. The molecule has 0 bridgehead atoms. The number of ether oxygens (including phenoxy) is 2. The molecule has 3 heterocycles. The van der Waals surface area contributed by atoms with Crippen LogP contribution in [-0.2, 0) is 49.4 Å². The normalized spacial score (nSPS) is 19.4. The van der Waals surface area contributed by atoms with Gasteiger partial charge in [0.05, 0.1) is 49.4 Å². The van der Waals surface area contributed by atoms with E-state index in [1.807, 2.05) is 30.3 Å². The molecule has 0 N–H and O–H groups in total. The van der Waals surface area contributed by atoms with Crippen LogP contribution in [0.1, 0.15) is 42.5 Å². The molecule has 2 aromatic carbocycles. The van der Waals surface area contributed by atoms with Crippen molar-refractivity contribution >= 4 is 15.7 Å². The van der Waals surface area contributed by atoms with Crippen LogP contribution in [0.5, 0.6) is 0 Å². The van der Waals surface area contributed by atoms with Gasteiger partial charge in [-0.25, -0.2) is 17.8 Å². The minimum absolute atomic E-state index is 0.0547. The van der Waals surface area contributed by atoms with E-state index in [1.54, 1.807) is 15.7 Å². The summed E-state index contributed by atoms with van der Waals surface area (Å²) in [5.74, 6) is -0.788. The third-order valence-electron chi connectivity index (χ3n) is 7.21. The second-order valence-electron chi connectivity index (χ2n) is 10.2. The minimum Gasteiger partial charge on any atom is -0.376 e. The molecule has 1 amide bonds. The first-order chi connectivity index (χ1) is 18.9. The number of nitrogens with zero attached hydrogens (tertiary/aromatic N) is 3. The molecular formula is C29H34FN3O5S. The predicted octanol–water partition coefficient (Wildman–Crippen LogP) is 3.93. The van der Waals surface area contributed by atoms with Gasteiger partial charge in [-0.3, -0.25) is 4.79 Å². The van der Waals surface area contributed by atoms with Crippen LogP contribution >= 0.6 is 0 Å². The van der Waals surface area contributed by atoms with E-state index in [4.69, 9.17) is 9.47 Å². The maximum atomic E-state index is 13.5. The molecule has 5 rings (SSSR count). The van der Waals surface area contributed by atoms with Gasteiger partial charge in [0, 0.05) is 19.8 Å². The summed E-state index contributed by atoms with van der Waals surface area (Å²) >= 11 is 0. The number of hydrogen-bond donors (Lipinski definition) is 0. The Kier molecular flexibility index (Phi) is 8.74. The van der Waals surface area contributed by atoms with Gasteiger partial charge in [0.1, 0.15) is 5.82 Å². The first-order valence-electron chi connectivity index (χ1n) is 13.4. The SMILES string of the molecule is O=C(Cc1ccccc1)N(Cc1cnc(S(=O)(=O)Cc2ccc(F)cc2)n1C[C@@H]1CCCO1)C[C@H]1CCCO1. The van der Waals surface area contributed by atoms with Crippen LogP contribution in [0.2, 0.25) is 0 Å². The van der Waals surface area contributed by atoms with E-state index in [0.29, 0.717) is 37.6 Å². The Balaban J connectivity index is 1.43. The molecule has 8 nitrogen and oxygen atoms in total. The van der Waals surface area contributed by atoms with Crippen molar-refractivity contribution in [2.75, 3.05) is 19.8 Å². The van der Waals surface area contributed by atoms with Crippen molar-refractivity contribution in [3.63, 3.8) is 0 Å². The monoisotopic (exact) mass is 555 g/mol.